The summed E-state index contributed by atoms with van der Waals surface area (Å²) in [5.74, 6) is -5.77. The standard InChI is InChI=1S/C8H8F6O2/c9-7(10,11)4-1-5(8(12,13)14)3-16-6(15)2-4/h4-5H,1-3H2. The highest BCUT2D eigenvalue weighted by atomic mass is 19.4. The van der Waals surface area contributed by atoms with Gasteiger partial charge in [0.05, 0.1) is 18.3 Å². The average molecular weight is 250 g/mol. The van der Waals surface area contributed by atoms with Crippen LogP contribution in [0.25, 0.3) is 0 Å². The predicted octanol–water partition coefficient (Wildman–Crippen LogP) is 2.68. The van der Waals surface area contributed by atoms with Crippen LogP contribution in [-0.2, 0) is 9.53 Å². The molecule has 2 atom stereocenters. The molecular weight excluding hydrogens is 242 g/mol. The van der Waals surface area contributed by atoms with Crippen LogP contribution in [0.4, 0.5) is 26.3 Å². The molecule has 0 bridgehead atoms. The summed E-state index contributed by atoms with van der Waals surface area (Å²) in [5.41, 5.74) is 0. The normalized spacial score (nSPS) is 28.5. The lowest BCUT2D eigenvalue weighted by Gasteiger charge is -2.22. The largest absolute Gasteiger partial charge is 0.465 e. The molecule has 8 heteroatoms. The molecule has 1 aliphatic rings. The van der Waals surface area contributed by atoms with E-state index in [2.05, 4.69) is 4.74 Å². The lowest BCUT2D eigenvalue weighted by atomic mass is 9.92. The molecule has 2 nitrogen and oxygen atoms in total. The Morgan fingerprint density at radius 3 is 1.94 bits per heavy atom. The molecule has 1 aliphatic heterocycles. The van der Waals surface area contributed by atoms with E-state index in [1.807, 2.05) is 0 Å². The van der Waals surface area contributed by atoms with Gasteiger partial charge in [-0.25, -0.2) is 0 Å². The van der Waals surface area contributed by atoms with E-state index in [0.717, 1.165) is 0 Å². The van der Waals surface area contributed by atoms with Crippen molar-refractivity contribution in [3.05, 3.63) is 0 Å². The number of halogens is 6. The molecule has 0 aromatic rings. The van der Waals surface area contributed by atoms with Crippen molar-refractivity contribution in [3.63, 3.8) is 0 Å². The summed E-state index contributed by atoms with van der Waals surface area (Å²) in [7, 11) is 0. The van der Waals surface area contributed by atoms with Crippen LogP contribution in [0.3, 0.4) is 0 Å². The number of esters is 1. The maximum absolute atomic E-state index is 12.3. The number of hydrogen-bond donors (Lipinski definition) is 0. The van der Waals surface area contributed by atoms with Crippen LogP contribution in [-0.4, -0.2) is 24.9 Å². The topological polar surface area (TPSA) is 26.3 Å². The van der Waals surface area contributed by atoms with Crippen LogP contribution in [0, 0.1) is 11.8 Å². The van der Waals surface area contributed by atoms with Crippen molar-refractivity contribution < 1.29 is 35.9 Å². The van der Waals surface area contributed by atoms with Gasteiger partial charge in [-0.3, -0.25) is 4.79 Å². The highest BCUT2D eigenvalue weighted by Crippen LogP contribution is 2.40. The Bertz CT molecular complexity index is 269. The predicted molar refractivity (Wildman–Crippen MR) is 39.3 cm³/mol. The number of hydrogen-bond acceptors (Lipinski definition) is 2. The number of cyclic esters (lactones) is 1. The molecule has 0 N–H and O–H groups in total. The SMILES string of the molecule is O=C1CC(C(F)(F)F)CC(C(F)(F)F)CO1. The van der Waals surface area contributed by atoms with Crippen molar-refractivity contribution in [2.45, 2.75) is 25.2 Å². The quantitative estimate of drug-likeness (QED) is 0.488. The lowest BCUT2D eigenvalue weighted by Crippen LogP contribution is -2.31. The molecule has 1 rings (SSSR count). The Kier molecular flexibility index (Phi) is 3.39. The third-order valence-electron chi connectivity index (χ3n) is 2.35. The van der Waals surface area contributed by atoms with Crippen LogP contribution in [0.2, 0.25) is 0 Å². The Balaban J connectivity index is 2.83. The third-order valence-corrected chi connectivity index (χ3v) is 2.35. The van der Waals surface area contributed by atoms with E-state index in [0.29, 0.717) is 0 Å². The summed E-state index contributed by atoms with van der Waals surface area (Å²) in [5, 5.41) is 0. The molecule has 0 amide bonds. The van der Waals surface area contributed by atoms with Gasteiger partial charge in [0.25, 0.3) is 0 Å². The summed E-state index contributed by atoms with van der Waals surface area (Å²) in [6, 6.07) is 0. The molecule has 1 heterocycles. The van der Waals surface area contributed by atoms with E-state index < -0.39 is 49.6 Å². The number of rotatable bonds is 0. The summed E-state index contributed by atoms with van der Waals surface area (Å²) in [4.78, 5) is 10.7. The van der Waals surface area contributed by atoms with E-state index >= 15 is 0 Å². The fraction of sp³-hybridized carbons (Fsp3) is 0.875. The first-order chi connectivity index (χ1) is 7.10. The first kappa shape index (κ1) is 13.1. The van der Waals surface area contributed by atoms with Gasteiger partial charge < -0.3 is 4.74 Å². The van der Waals surface area contributed by atoms with E-state index in [1.165, 1.54) is 0 Å². The van der Waals surface area contributed by atoms with E-state index in [-0.39, 0.29) is 0 Å². The fourth-order valence-corrected chi connectivity index (χ4v) is 1.43. The Morgan fingerprint density at radius 1 is 1.00 bits per heavy atom. The summed E-state index contributed by atoms with van der Waals surface area (Å²) < 4.78 is 77.7. The molecule has 0 saturated carbocycles. The van der Waals surface area contributed by atoms with Crippen molar-refractivity contribution in [2.75, 3.05) is 6.61 Å². The highest BCUT2D eigenvalue weighted by Gasteiger charge is 2.50. The van der Waals surface area contributed by atoms with Crippen molar-refractivity contribution in [1.82, 2.24) is 0 Å². The zero-order valence-corrected chi connectivity index (χ0v) is 7.86. The minimum Gasteiger partial charge on any atom is -0.465 e. The maximum Gasteiger partial charge on any atom is 0.395 e. The minimum atomic E-state index is -4.81. The average Bonchev–Trinajstić information content (AvgIpc) is 2.24. The van der Waals surface area contributed by atoms with Crippen molar-refractivity contribution in [2.24, 2.45) is 11.8 Å². The van der Waals surface area contributed by atoms with E-state index in [4.69, 9.17) is 0 Å². The molecule has 94 valence electrons. The van der Waals surface area contributed by atoms with Gasteiger partial charge in [0.15, 0.2) is 0 Å². The van der Waals surface area contributed by atoms with Gasteiger partial charge in [0.1, 0.15) is 6.61 Å². The molecule has 2 unspecified atom stereocenters. The fourth-order valence-electron chi connectivity index (χ4n) is 1.43. The molecule has 0 radical (unpaired) electrons. The lowest BCUT2D eigenvalue weighted by molar-refractivity contribution is -0.209. The van der Waals surface area contributed by atoms with E-state index in [1.54, 1.807) is 0 Å². The smallest absolute Gasteiger partial charge is 0.395 e. The second-order valence-corrected chi connectivity index (χ2v) is 3.60. The molecular formula is C8H8F6O2. The van der Waals surface area contributed by atoms with Gasteiger partial charge in [-0.05, 0) is 6.42 Å². The summed E-state index contributed by atoms with van der Waals surface area (Å²) in [6.45, 7) is -1.03. The molecule has 0 aromatic carbocycles. The first-order valence-corrected chi connectivity index (χ1v) is 4.39. The van der Waals surface area contributed by atoms with Crippen molar-refractivity contribution >= 4 is 5.97 Å². The van der Waals surface area contributed by atoms with Gasteiger partial charge in [0.2, 0.25) is 0 Å². The molecule has 1 saturated heterocycles. The first-order valence-electron chi connectivity index (χ1n) is 4.39. The summed E-state index contributed by atoms with van der Waals surface area (Å²) >= 11 is 0. The van der Waals surface area contributed by atoms with Gasteiger partial charge in [0, 0.05) is 0 Å². The zero-order chi connectivity index (χ0) is 12.6. The number of carbonyl (C=O) groups is 1. The van der Waals surface area contributed by atoms with Crippen LogP contribution in [0.15, 0.2) is 0 Å². The zero-order valence-electron chi connectivity index (χ0n) is 7.86. The Morgan fingerprint density at radius 2 is 1.50 bits per heavy atom. The molecule has 0 aromatic heterocycles. The van der Waals surface area contributed by atoms with Gasteiger partial charge in [-0.15, -0.1) is 0 Å². The second-order valence-electron chi connectivity index (χ2n) is 3.60. The van der Waals surface area contributed by atoms with Gasteiger partial charge >= 0.3 is 18.3 Å². The Labute approximate surface area is 86.6 Å². The monoisotopic (exact) mass is 250 g/mol. The van der Waals surface area contributed by atoms with Crippen LogP contribution < -0.4 is 0 Å². The minimum absolute atomic E-state index is 1.03. The highest BCUT2D eigenvalue weighted by molar-refractivity contribution is 5.70. The van der Waals surface area contributed by atoms with Crippen LogP contribution in [0.1, 0.15) is 12.8 Å². The van der Waals surface area contributed by atoms with Gasteiger partial charge in [-0.2, -0.15) is 26.3 Å². The molecule has 1 fully saturated rings. The van der Waals surface area contributed by atoms with E-state index in [9.17, 15) is 31.1 Å². The third kappa shape index (κ3) is 3.28. The second kappa shape index (κ2) is 4.14. The number of alkyl halides is 6. The van der Waals surface area contributed by atoms with Crippen molar-refractivity contribution in [1.29, 1.82) is 0 Å². The Hall–Kier alpha value is -0.950. The number of ether oxygens (including phenoxy) is 1. The molecule has 16 heavy (non-hydrogen) atoms. The maximum atomic E-state index is 12.3. The molecule has 0 aliphatic carbocycles. The van der Waals surface area contributed by atoms with Crippen LogP contribution >= 0.6 is 0 Å². The molecule has 0 spiro atoms. The van der Waals surface area contributed by atoms with Gasteiger partial charge in [-0.1, -0.05) is 0 Å². The van der Waals surface area contributed by atoms with Crippen molar-refractivity contribution in [3.8, 4) is 0 Å². The van der Waals surface area contributed by atoms with Crippen LogP contribution in [0.5, 0.6) is 0 Å². The summed E-state index contributed by atoms with van der Waals surface area (Å²) in [6.07, 6.45) is -11.8. The number of carbonyl (C=O) groups excluding carboxylic acids is 1.